The zero-order chi connectivity index (χ0) is 41.7. The summed E-state index contributed by atoms with van der Waals surface area (Å²) in [6, 6.07) is 49.5. The van der Waals surface area contributed by atoms with Crippen molar-refractivity contribution in [1.82, 2.24) is 14.1 Å². The van der Waals surface area contributed by atoms with Gasteiger partial charge in [0.1, 0.15) is 11.4 Å². The van der Waals surface area contributed by atoms with Gasteiger partial charge >= 0.3 is 0 Å². The smallest absolute Gasteiger partial charge is 0.268 e. The number of rotatable bonds is 5. The molecule has 0 bridgehead atoms. The summed E-state index contributed by atoms with van der Waals surface area (Å²) in [5.41, 5.74) is 11.1. The summed E-state index contributed by atoms with van der Waals surface area (Å²) in [4.78, 5) is 4.94. The van der Waals surface area contributed by atoms with Gasteiger partial charge in [-0.25, -0.2) is 4.98 Å². The fourth-order valence-corrected chi connectivity index (χ4v) is 8.26. The largest absolute Gasteiger partial charge is 0.510 e. The summed E-state index contributed by atoms with van der Waals surface area (Å²) in [6.07, 6.45) is 5.59. The number of hydrogen-bond donors (Lipinski definition) is 0. The Morgan fingerprint density at radius 1 is 0.607 bits per heavy atom. The number of imidazole rings is 1. The van der Waals surface area contributed by atoms with Gasteiger partial charge in [-0.15, -0.1) is 29.7 Å². The number of aromatic nitrogens is 4. The number of pyridine rings is 1. The number of nitrogens with zero attached hydrogens (tertiary/aromatic N) is 4. The average molecular weight is 980 g/mol. The van der Waals surface area contributed by atoms with Gasteiger partial charge in [0.05, 0.1) is 22.2 Å². The molecule has 4 aromatic heterocycles. The molecule has 10 aromatic rings. The Morgan fingerprint density at radius 2 is 1.28 bits per heavy atom. The van der Waals surface area contributed by atoms with E-state index >= 15 is 0 Å². The van der Waals surface area contributed by atoms with E-state index in [2.05, 4.69) is 179 Å². The first-order valence-corrected chi connectivity index (χ1v) is 20.7. The number of benzene rings is 6. The molecule has 0 amide bonds. The molecule has 0 atom stereocenters. The number of ether oxygens (including phenoxy) is 1. The zero-order valence-electron chi connectivity index (χ0n) is 36.0. The molecule has 0 aliphatic heterocycles. The topological polar surface area (TPSA) is 49.0 Å². The molecule has 6 aromatic carbocycles. The van der Waals surface area contributed by atoms with Crippen molar-refractivity contribution in [2.45, 2.75) is 78.6 Å². The molecule has 0 unspecified atom stereocenters. The Balaban J connectivity index is 0.00000476. The Hall–Kier alpha value is -5.97. The van der Waals surface area contributed by atoms with Gasteiger partial charge in [-0.05, 0) is 74.3 Å². The van der Waals surface area contributed by atoms with Gasteiger partial charge in [0, 0.05) is 49.5 Å². The molecule has 6 nitrogen and oxygen atoms in total. The molecular formula is C54H48N4O2Pt-2. The maximum Gasteiger partial charge on any atom is 0.268 e. The third kappa shape index (κ3) is 7.05. The van der Waals surface area contributed by atoms with E-state index in [1.54, 1.807) is 0 Å². The summed E-state index contributed by atoms with van der Waals surface area (Å²) in [5, 5.41) is 4.23. The minimum Gasteiger partial charge on any atom is -0.510 e. The molecule has 61 heavy (non-hydrogen) atoms. The molecule has 0 aliphatic rings. The van der Waals surface area contributed by atoms with Crippen LogP contribution in [0.25, 0.3) is 72.0 Å². The number of fused-ring (bicyclic) bond motifs is 8. The summed E-state index contributed by atoms with van der Waals surface area (Å²) < 4.78 is 19.7. The Labute approximate surface area is 371 Å². The molecule has 0 radical (unpaired) electrons. The van der Waals surface area contributed by atoms with E-state index in [1.165, 1.54) is 16.7 Å². The molecular weight excluding hydrogens is 932 g/mol. The van der Waals surface area contributed by atoms with Crippen LogP contribution in [0, 0.1) is 18.5 Å². The molecule has 0 saturated carbocycles. The van der Waals surface area contributed by atoms with E-state index in [0.29, 0.717) is 11.5 Å². The molecule has 7 heteroatoms. The molecule has 4 heterocycles. The van der Waals surface area contributed by atoms with Gasteiger partial charge in [0.25, 0.3) is 6.33 Å². The Morgan fingerprint density at radius 3 is 2.03 bits per heavy atom. The second-order valence-electron chi connectivity index (χ2n) is 19.0. The first-order chi connectivity index (χ1) is 28.6. The normalized spacial score (nSPS) is 12.5. The molecule has 0 aliphatic carbocycles. The monoisotopic (exact) mass is 979 g/mol. The second-order valence-corrected chi connectivity index (χ2v) is 19.0. The zero-order valence-corrected chi connectivity index (χ0v) is 38.3. The maximum absolute atomic E-state index is 6.66. The number of para-hydroxylation sites is 3. The van der Waals surface area contributed by atoms with E-state index < -0.39 is 0 Å². The molecule has 308 valence electrons. The predicted octanol–water partition coefficient (Wildman–Crippen LogP) is 13.4. The van der Waals surface area contributed by atoms with Gasteiger partial charge in [-0.3, -0.25) is 4.57 Å². The quantitative estimate of drug-likeness (QED) is 0.128. The van der Waals surface area contributed by atoms with Crippen LogP contribution in [-0.4, -0.2) is 14.1 Å². The molecule has 0 N–H and O–H groups in total. The van der Waals surface area contributed by atoms with E-state index in [-0.39, 0.29) is 37.3 Å². The van der Waals surface area contributed by atoms with Gasteiger partial charge in [-0.1, -0.05) is 128 Å². The second kappa shape index (κ2) is 14.6. The van der Waals surface area contributed by atoms with Gasteiger partial charge in [0.15, 0.2) is 5.58 Å². The van der Waals surface area contributed by atoms with E-state index in [1.807, 2.05) is 42.6 Å². The summed E-state index contributed by atoms with van der Waals surface area (Å²) >= 11 is 0. The Bertz CT molecular complexity index is 3280. The first-order valence-electron chi connectivity index (χ1n) is 20.7. The SMILES string of the molecule is CC(C)(C)c1cc(-[n+]2[c-]n(-c3[c-]c(Oc4[c-]c5c(cc4)c4ccc6c7ccccc7oc6c4n5-c4cc(C(C)(C)C)ccn4)ccc3)c3ccccc32)cc(C(C)(C)C)c1.[Pt]. The van der Waals surface area contributed by atoms with Crippen molar-refractivity contribution in [3.05, 3.63) is 163 Å². The molecule has 0 saturated heterocycles. The molecule has 0 spiro atoms. The van der Waals surface area contributed by atoms with E-state index in [4.69, 9.17) is 14.1 Å². The summed E-state index contributed by atoms with van der Waals surface area (Å²) in [5.74, 6) is 1.93. The van der Waals surface area contributed by atoms with Crippen LogP contribution in [0.2, 0.25) is 0 Å². The van der Waals surface area contributed by atoms with Crippen LogP contribution >= 0.6 is 0 Å². The minimum atomic E-state index is -0.0719. The van der Waals surface area contributed by atoms with Crippen molar-refractivity contribution >= 4 is 54.8 Å². The van der Waals surface area contributed by atoms with Crippen molar-refractivity contribution in [2.75, 3.05) is 0 Å². The van der Waals surface area contributed by atoms with Crippen LogP contribution < -0.4 is 9.30 Å². The van der Waals surface area contributed by atoms with Crippen LogP contribution in [0.3, 0.4) is 0 Å². The fourth-order valence-electron chi connectivity index (χ4n) is 8.26. The van der Waals surface area contributed by atoms with Gasteiger partial charge in [-0.2, -0.15) is 18.2 Å². The van der Waals surface area contributed by atoms with Gasteiger partial charge < -0.3 is 18.3 Å². The van der Waals surface area contributed by atoms with Crippen LogP contribution in [-0.2, 0) is 37.3 Å². The van der Waals surface area contributed by atoms with Crippen molar-refractivity contribution in [3.8, 4) is 28.7 Å². The predicted molar refractivity (Wildman–Crippen MR) is 243 cm³/mol. The average Bonchev–Trinajstić information content (AvgIpc) is 3.90. The van der Waals surface area contributed by atoms with Crippen LogP contribution in [0.1, 0.15) is 79.0 Å². The fraction of sp³-hybridized carbons (Fsp3) is 0.222. The number of furan rings is 1. The standard InChI is InChI=1S/C54H48N4O2.Pt/c1-52(2,3)34-25-26-55-49(30-34)58-47-32-40(21-22-41(47)43-23-24-44-42-17-10-13-20-48(42)60-51(44)50(43)58)59-39-16-14-15-37(31-39)56-33-57(46-19-12-11-18-45(46)56)38-28-35(53(4,5)6)27-36(29-38)54(7,8)9;/h10-30H,1-9H3;/q-2;. The van der Waals surface area contributed by atoms with E-state index in [9.17, 15) is 0 Å². The van der Waals surface area contributed by atoms with Crippen molar-refractivity contribution in [3.63, 3.8) is 0 Å². The molecule has 0 fully saturated rings. The number of hydrogen-bond acceptors (Lipinski definition) is 3. The van der Waals surface area contributed by atoms with Crippen molar-refractivity contribution < 1.29 is 34.8 Å². The molecule has 10 rings (SSSR count). The first kappa shape index (κ1) is 40.4. The summed E-state index contributed by atoms with van der Waals surface area (Å²) in [6.45, 7) is 20.3. The van der Waals surface area contributed by atoms with Crippen molar-refractivity contribution in [2.24, 2.45) is 0 Å². The third-order valence-electron chi connectivity index (χ3n) is 11.7. The Kier molecular flexibility index (Phi) is 9.67. The summed E-state index contributed by atoms with van der Waals surface area (Å²) in [7, 11) is 0. The van der Waals surface area contributed by atoms with Gasteiger partial charge in [0.2, 0.25) is 0 Å². The van der Waals surface area contributed by atoms with Crippen LogP contribution in [0.5, 0.6) is 11.5 Å². The van der Waals surface area contributed by atoms with Crippen LogP contribution in [0.15, 0.2) is 132 Å². The van der Waals surface area contributed by atoms with Crippen molar-refractivity contribution in [1.29, 1.82) is 0 Å². The minimum absolute atomic E-state index is 0. The maximum atomic E-state index is 6.66. The van der Waals surface area contributed by atoms with Crippen LogP contribution in [0.4, 0.5) is 0 Å². The van der Waals surface area contributed by atoms with E-state index in [0.717, 1.165) is 72.0 Å². The third-order valence-corrected chi connectivity index (χ3v) is 11.7.